The summed E-state index contributed by atoms with van der Waals surface area (Å²) in [6.45, 7) is 13.0. The number of carbonyl (C=O) groups is 1. The van der Waals surface area contributed by atoms with Gasteiger partial charge in [-0.1, -0.05) is 53.2 Å². The zero-order valence-electron chi connectivity index (χ0n) is 39.8. The fraction of sp³-hybridized carbons (Fsp3) is 0.938. The summed E-state index contributed by atoms with van der Waals surface area (Å²) in [5.74, 6) is -0.386. The van der Waals surface area contributed by atoms with Crippen LogP contribution in [0.1, 0.15) is 99.8 Å². The number of fused-ring (bicyclic) bond motifs is 7. The highest BCUT2D eigenvalue weighted by molar-refractivity contribution is 5.79. The minimum absolute atomic E-state index is 0.0112. The van der Waals surface area contributed by atoms with Gasteiger partial charge in [0, 0.05) is 5.41 Å². The number of hydrogen-bond donors (Lipinski definition) is 12. The Hall–Kier alpha value is -1.47. The number of allylic oxidation sites excluding steroid dienone is 2. The summed E-state index contributed by atoms with van der Waals surface area (Å²) >= 11 is 0. The second-order valence-corrected chi connectivity index (χ2v) is 22.9. The molecule has 5 aliphatic carbocycles. The van der Waals surface area contributed by atoms with Gasteiger partial charge < -0.3 is 89.7 Å². The van der Waals surface area contributed by atoms with Crippen LogP contribution in [-0.2, 0) is 33.2 Å². The molecule has 3 saturated heterocycles. The molecule has 67 heavy (non-hydrogen) atoms. The first kappa shape index (κ1) is 51.9. The minimum Gasteiger partial charge on any atom is -0.432 e. The van der Waals surface area contributed by atoms with Crippen molar-refractivity contribution in [1.29, 1.82) is 0 Å². The van der Waals surface area contributed by atoms with Crippen molar-refractivity contribution in [1.82, 2.24) is 0 Å². The van der Waals surface area contributed by atoms with Crippen molar-refractivity contribution >= 4 is 5.97 Å². The van der Waals surface area contributed by atoms with Crippen molar-refractivity contribution in [3.63, 3.8) is 0 Å². The van der Waals surface area contributed by atoms with Gasteiger partial charge in [0.05, 0.1) is 43.5 Å². The van der Waals surface area contributed by atoms with E-state index in [1.54, 1.807) is 0 Å². The van der Waals surface area contributed by atoms with Crippen LogP contribution in [0.5, 0.6) is 0 Å². The van der Waals surface area contributed by atoms with E-state index < -0.39 is 134 Å². The predicted molar refractivity (Wildman–Crippen MR) is 231 cm³/mol. The quantitative estimate of drug-likeness (QED) is 0.0971. The maximum Gasteiger partial charge on any atom is 0.315 e. The molecule has 0 aromatic heterocycles. The van der Waals surface area contributed by atoms with Crippen LogP contribution >= 0.6 is 0 Å². The average molecular weight is 959 g/mol. The number of aliphatic hydroxyl groups is 12. The van der Waals surface area contributed by atoms with Gasteiger partial charge in [0.2, 0.25) is 6.29 Å². The van der Waals surface area contributed by atoms with Crippen molar-refractivity contribution in [2.45, 2.75) is 204 Å². The molecule has 3 heterocycles. The van der Waals surface area contributed by atoms with E-state index in [2.05, 4.69) is 40.7 Å². The summed E-state index contributed by atoms with van der Waals surface area (Å²) in [7, 11) is 0. The lowest BCUT2D eigenvalue weighted by Crippen LogP contribution is -2.68. The Morgan fingerprint density at radius 3 is 2.01 bits per heavy atom. The molecule has 0 spiro atoms. The molecular formula is C48H78O19. The van der Waals surface area contributed by atoms with Crippen LogP contribution in [0.4, 0.5) is 0 Å². The van der Waals surface area contributed by atoms with Gasteiger partial charge in [-0.25, -0.2) is 0 Å². The Kier molecular flexibility index (Phi) is 14.4. The van der Waals surface area contributed by atoms with E-state index in [-0.39, 0.29) is 52.4 Å². The lowest BCUT2D eigenvalue weighted by molar-refractivity contribution is -0.361. The van der Waals surface area contributed by atoms with Gasteiger partial charge in [-0.2, -0.15) is 0 Å². The molecular weight excluding hydrogens is 881 g/mol. The maximum atomic E-state index is 15.0. The van der Waals surface area contributed by atoms with Crippen molar-refractivity contribution < 1.29 is 94.5 Å². The highest BCUT2D eigenvalue weighted by Gasteiger charge is 2.71. The molecule has 8 rings (SSSR count). The molecule has 4 saturated carbocycles. The van der Waals surface area contributed by atoms with Crippen LogP contribution in [0, 0.1) is 56.7 Å². The second-order valence-electron chi connectivity index (χ2n) is 22.9. The number of aliphatic hydroxyl groups excluding tert-OH is 12. The molecule has 0 radical (unpaired) electrons. The number of carbonyl (C=O) groups excluding carboxylic acids is 1. The van der Waals surface area contributed by atoms with Crippen molar-refractivity contribution in [3.8, 4) is 0 Å². The Morgan fingerprint density at radius 2 is 1.34 bits per heavy atom. The van der Waals surface area contributed by atoms with Gasteiger partial charge in [0.1, 0.15) is 67.1 Å². The van der Waals surface area contributed by atoms with E-state index in [0.717, 1.165) is 19.3 Å². The molecule has 19 heteroatoms. The first-order chi connectivity index (χ1) is 31.4. The van der Waals surface area contributed by atoms with Gasteiger partial charge >= 0.3 is 5.97 Å². The van der Waals surface area contributed by atoms with Gasteiger partial charge in [-0.05, 0) is 104 Å². The molecule has 0 bridgehead atoms. The first-order valence-corrected chi connectivity index (χ1v) is 24.5. The predicted octanol–water partition coefficient (Wildman–Crippen LogP) is -1.03. The van der Waals surface area contributed by atoms with E-state index in [9.17, 15) is 61.3 Å². The smallest absolute Gasteiger partial charge is 0.315 e. The number of ether oxygens (including phenoxy) is 6. The van der Waals surface area contributed by atoms with Crippen LogP contribution < -0.4 is 0 Å². The molecule has 19 nitrogen and oxygen atoms in total. The van der Waals surface area contributed by atoms with E-state index in [1.165, 1.54) is 12.5 Å². The molecule has 0 unspecified atom stereocenters. The first-order valence-electron chi connectivity index (χ1n) is 24.5. The molecule has 7 fully saturated rings. The normalized spacial score (nSPS) is 56.7. The topological polar surface area (TPSA) is 315 Å². The molecule has 0 aromatic rings. The SMILES string of the molecule is C[C@@H]1[C@H](C)CC[C@@]2(C(=O)O[C@H]3O[C@@H](CO[C@@H]4O[C@H](CO)[C@@H](O[C@@H]5O[C@H](C)[C@H](O)[C@@H](O)[C@@H]5O)[C@H](O)[C@@H]4O)[C@H](O)[C@@H](O)[C@@H]3O)CC[C@@]3(C)C(=CC[C@@H]4[C@]5(C)C[C@H](O)[C@H](O)[C@@](C)(CO)[C@@H]5CC[C@@]43C)[C@H]12. The Morgan fingerprint density at radius 1 is 0.701 bits per heavy atom. The number of rotatable bonds is 9. The molecule has 3 aliphatic heterocycles. The zero-order chi connectivity index (χ0) is 49.1. The van der Waals surface area contributed by atoms with Crippen molar-refractivity contribution in [3.05, 3.63) is 11.6 Å². The van der Waals surface area contributed by atoms with Crippen LogP contribution in [-0.4, -0.2) is 191 Å². The standard InChI is InChI=1S/C48H78O19/c1-20-10-13-48(15-14-46(6)23(29(48)21(20)2)8-9-28-44(4)16-24(51)39(60)45(5,19-50)27(44)11-12-47(28,46)7)43(61)67-42-36(58)33(55)31(53)26(65-42)18-62-40-37(59)34(56)38(25(17-49)64-40)66-41-35(57)32(54)30(52)22(3)63-41/h8,20-22,24-42,49-60H,9-19H2,1-7H3/t20-,21-,22-,24+,25-,26+,27-,28-,29+,30+,31+,32-,33-,34-,35+,36+,37+,38-,39+,40-,41+,42-,44-,45+,46+,47+,48-/m1/s1. The lowest BCUT2D eigenvalue weighted by atomic mass is 9.33. The highest BCUT2D eigenvalue weighted by atomic mass is 16.8. The molecule has 12 N–H and O–H groups in total. The third kappa shape index (κ3) is 7.92. The molecule has 384 valence electrons. The fourth-order valence-corrected chi connectivity index (χ4v) is 15.2. The van der Waals surface area contributed by atoms with Gasteiger partial charge in [0.15, 0.2) is 12.6 Å². The monoisotopic (exact) mass is 959 g/mol. The summed E-state index contributed by atoms with van der Waals surface area (Å²) < 4.78 is 34.7. The Balaban J connectivity index is 0.985. The molecule has 27 atom stereocenters. The summed E-state index contributed by atoms with van der Waals surface area (Å²) in [4.78, 5) is 15.0. The van der Waals surface area contributed by atoms with Crippen molar-refractivity contribution in [2.75, 3.05) is 19.8 Å². The van der Waals surface area contributed by atoms with Crippen LogP contribution in [0.2, 0.25) is 0 Å². The second kappa shape index (κ2) is 18.5. The highest BCUT2D eigenvalue weighted by Crippen LogP contribution is 2.76. The fourth-order valence-electron chi connectivity index (χ4n) is 15.2. The van der Waals surface area contributed by atoms with Gasteiger partial charge in [-0.3, -0.25) is 4.79 Å². The average Bonchev–Trinajstić information content (AvgIpc) is 3.29. The van der Waals surface area contributed by atoms with Crippen LogP contribution in [0.15, 0.2) is 11.6 Å². The Labute approximate surface area is 392 Å². The minimum atomic E-state index is -1.86. The summed E-state index contributed by atoms with van der Waals surface area (Å²) in [5, 5.41) is 130. The van der Waals surface area contributed by atoms with E-state index >= 15 is 4.79 Å². The van der Waals surface area contributed by atoms with Gasteiger partial charge in [-0.15, -0.1) is 0 Å². The van der Waals surface area contributed by atoms with E-state index in [4.69, 9.17) is 28.4 Å². The van der Waals surface area contributed by atoms with Crippen LogP contribution in [0.25, 0.3) is 0 Å². The summed E-state index contributed by atoms with van der Waals surface area (Å²) in [6, 6.07) is 0. The molecule has 0 aromatic carbocycles. The lowest BCUT2D eigenvalue weighted by Gasteiger charge is -2.71. The summed E-state index contributed by atoms with van der Waals surface area (Å²) in [5.41, 5.74) is -1.64. The summed E-state index contributed by atoms with van der Waals surface area (Å²) in [6.07, 6.45) is -18.9. The third-order valence-electron chi connectivity index (χ3n) is 19.7. The number of hydrogen-bond acceptors (Lipinski definition) is 19. The third-order valence-corrected chi connectivity index (χ3v) is 19.7. The Bertz CT molecular complexity index is 1820. The van der Waals surface area contributed by atoms with Gasteiger partial charge in [0.25, 0.3) is 0 Å². The van der Waals surface area contributed by atoms with E-state index in [1.807, 2.05) is 6.92 Å². The zero-order valence-corrected chi connectivity index (χ0v) is 39.8. The van der Waals surface area contributed by atoms with Crippen molar-refractivity contribution in [2.24, 2.45) is 56.7 Å². The maximum absolute atomic E-state index is 15.0. The molecule has 0 amide bonds. The largest absolute Gasteiger partial charge is 0.432 e. The van der Waals surface area contributed by atoms with Crippen LogP contribution in [0.3, 0.4) is 0 Å². The molecule has 8 aliphatic rings. The van der Waals surface area contributed by atoms with E-state index in [0.29, 0.717) is 32.1 Å². The number of esters is 1.